The van der Waals surface area contributed by atoms with E-state index in [4.69, 9.17) is 15.2 Å². The molecular formula is C10H17NO4. The first kappa shape index (κ1) is 13.6. The quantitative estimate of drug-likeness (QED) is 0.415. The average Bonchev–Trinajstić information content (AvgIpc) is 2.24. The lowest BCUT2D eigenvalue weighted by Crippen LogP contribution is -2.17. The zero-order valence-corrected chi connectivity index (χ0v) is 9.33. The van der Waals surface area contributed by atoms with Crippen LogP contribution in [0.5, 0.6) is 0 Å². The molecule has 5 nitrogen and oxygen atoms in total. The first-order chi connectivity index (χ1) is 7.06. The summed E-state index contributed by atoms with van der Waals surface area (Å²) < 4.78 is 9.65. The maximum Gasteiger partial charge on any atom is 0.337 e. The van der Waals surface area contributed by atoms with Gasteiger partial charge in [-0.1, -0.05) is 6.92 Å². The Morgan fingerprint density at radius 3 is 2.27 bits per heavy atom. The molecule has 0 unspecified atom stereocenters. The summed E-state index contributed by atoms with van der Waals surface area (Å²) in [6, 6.07) is 0. The molecule has 0 fully saturated rings. The fraction of sp³-hybridized carbons (Fsp3) is 0.600. The van der Waals surface area contributed by atoms with Gasteiger partial charge < -0.3 is 15.2 Å². The van der Waals surface area contributed by atoms with Crippen molar-refractivity contribution in [2.45, 2.75) is 27.2 Å². The predicted molar refractivity (Wildman–Crippen MR) is 54.8 cm³/mol. The molecule has 86 valence electrons. The Balaban J connectivity index is 4.65. The van der Waals surface area contributed by atoms with Crippen molar-refractivity contribution in [1.82, 2.24) is 0 Å². The van der Waals surface area contributed by atoms with Gasteiger partial charge in [0.05, 0.1) is 18.7 Å². The minimum absolute atomic E-state index is 0.00358. The Labute approximate surface area is 89.2 Å². The fourth-order valence-electron chi connectivity index (χ4n) is 0.834. The number of esters is 2. The number of nitrogens with two attached hydrogens (primary N) is 1. The van der Waals surface area contributed by atoms with Gasteiger partial charge in [0.25, 0.3) is 0 Å². The van der Waals surface area contributed by atoms with E-state index in [9.17, 15) is 9.59 Å². The first-order valence-corrected chi connectivity index (χ1v) is 4.84. The fourth-order valence-corrected chi connectivity index (χ4v) is 0.834. The Morgan fingerprint density at radius 1 is 1.27 bits per heavy atom. The highest BCUT2D eigenvalue weighted by Gasteiger charge is 2.14. The Hall–Kier alpha value is -1.36. The van der Waals surface area contributed by atoms with Crippen LogP contribution in [0.3, 0.4) is 0 Å². The molecule has 2 N–H and O–H groups in total. The van der Waals surface area contributed by atoms with Crippen LogP contribution in [0.4, 0.5) is 0 Å². The van der Waals surface area contributed by atoms with E-state index in [0.717, 1.165) is 0 Å². The van der Waals surface area contributed by atoms with E-state index in [1.165, 1.54) is 6.92 Å². The van der Waals surface area contributed by atoms with Gasteiger partial charge in [0.1, 0.15) is 5.76 Å². The van der Waals surface area contributed by atoms with Gasteiger partial charge in [-0.15, -0.1) is 0 Å². The summed E-state index contributed by atoms with van der Waals surface area (Å²) in [5.74, 6) is -0.763. The summed E-state index contributed by atoms with van der Waals surface area (Å²) in [7, 11) is 0. The maximum atomic E-state index is 11.3. The van der Waals surface area contributed by atoms with Crippen molar-refractivity contribution < 1.29 is 19.1 Å². The topological polar surface area (TPSA) is 78.6 Å². The van der Waals surface area contributed by atoms with Gasteiger partial charge in [-0.05, 0) is 13.8 Å². The Morgan fingerprint density at radius 2 is 1.87 bits per heavy atom. The molecule has 0 aromatic heterocycles. The van der Waals surface area contributed by atoms with Crippen LogP contribution >= 0.6 is 0 Å². The second-order valence-electron chi connectivity index (χ2n) is 2.80. The molecule has 0 bridgehead atoms. The van der Waals surface area contributed by atoms with E-state index in [1.807, 2.05) is 0 Å². The summed E-state index contributed by atoms with van der Waals surface area (Å²) in [5.41, 5.74) is 5.60. The number of hydrogen-bond donors (Lipinski definition) is 1. The molecule has 0 spiro atoms. The Bertz CT molecular complexity index is 271. The molecule has 0 aliphatic heterocycles. The normalized spacial score (nSPS) is 11.7. The van der Waals surface area contributed by atoms with Gasteiger partial charge in [-0.25, -0.2) is 4.79 Å². The summed E-state index contributed by atoms with van der Waals surface area (Å²) in [6.45, 7) is 5.15. The van der Waals surface area contributed by atoms with E-state index in [0.29, 0.717) is 0 Å². The van der Waals surface area contributed by atoms with Crippen molar-refractivity contribution in [3.8, 4) is 0 Å². The van der Waals surface area contributed by atoms with E-state index in [-0.39, 0.29) is 30.9 Å². The highest BCUT2D eigenvalue weighted by atomic mass is 16.5. The van der Waals surface area contributed by atoms with E-state index < -0.39 is 11.9 Å². The number of carbonyl (C=O) groups excluding carboxylic acids is 2. The van der Waals surface area contributed by atoms with Crippen LogP contribution in [0.15, 0.2) is 11.3 Å². The van der Waals surface area contributed by atoms with Crippen LogP contribution in [0, 0.1) is 0 Å². The largest absolute Gasteiger partial charge is 0.463 e. The second kappa shape index (κ2) is 7.00. The summed E-state index contributed by atoms with van der Waals surface area (Å²) >= 11 is 0. The molecule has 0 saturated heterocycles. The van der Waals surface area contributed by atoms with Crippen LogP contribution in [0.1, 0.15) is 27.2 Å². The number of carbonyl (C=O) groups is 2. The monoisotopic (exact) mass is 215 g/mol. The van der Waals surface area contributed by atoms with E-state index in [1.54, 1.807) is 13.8 Å². The number of rotatable bonds is 5. The molecule has 0 amide bonds. The molecule has 0 atom stereocenters. The van der Waals surface area contributed by atoms with Crippen LogP contribution in [-0.4, -0.2) is 25.1 Å². The minimum Gasteiger partial charge on any atom is -0.463 e. The van der Waals surface area contributed by atoms with Gasteiger partial charge in [-0.2, -0.15) is 0 Å². The molecule has 0 aromatic carbocycles. The minimum atomic E-state index is -0.512. The van der Waals surface area contributed by atoms with Gasteiger partial charge in [0.15, 0.2) is 0 Å². The molecule has 0 aliphatic rings. The molecular weight excluding hydrogens is 198 g/mol. The molecule has 15 heavy (non-hydrogen) atoms. The van der Waals surface area contributed by atoms with Crippen LogP contribution in [-0.2, 0) is 19.1 Å². The van der Waals surface area contributed by atoms with Crippen molar-refractivity contribution >= 4 is 11.9 Å². The zero-order chi connectivity index (χ0) is 11.8. The molecule has 0 aromatic rings. The third kappa shape index (κ3) is 4.60. The lowest BCUT2D eigenvalue weighted by molar-refractivity contribution is -0.140. The molecule has 0 saturated carbocycles. The third-order valence-corrected chi connectivity index (χ3v) is 1.71. The van der Waals surface area contributed by atoms with Crippen molar-refractivity contribution in [1.29, 1.82) is 0 Å². The van der Waals surface area contributed by atoms with Crippen molar-refractivity contribution in [2.24, 2.45) is 5.73 Å². The second-order valence-corrected chi connectivity index (χ2v) is 2.80. The highest BCUT2D eigenvalue weighted by Crippen LogP contribution is 2.08. The summed E-state index contributed by atoms with van der Waals surface area (Å²) in [6.07, 6.45) is 0.236. The number of hydrogen-bond acceptors (Lipinski definition) is 5. The van der Waals surface area contributed by atoms with E-state index >= 15 is 0 Å². The van der Waals surface area contributed by atoms with Gasteiger partial charge in [-0.3, -0.25) is 4.79 Å². The molecule has 5 heteroatoms. The van der Waals surface area contributed by atoms with Crippen LogP contribution in [0.25, 0.3) is 0 Å². The molecule has 0 radical (unpaired) electrons. The van der Waals surface area contributed by atoms with Crippen LogP contribution in [0.2, 0.25) is 0 Å². The standard InChI is InChI=1S/C10H17NO4/c1-4-9(12)15-8(6-11)7(3)10(13)14-5-2/h4-6,11H2,1-3H3/b8-7-. The average molecular weight is 215 g/mol. The Kier molecular flexibility index (Phi) is 6.37. The van der Waals surface area contributed by atoms with Gasteiger partial charge in [0, 0.05) is 6.42 Å². The SMILES string of the molecule is CCOC(=O)/C(C)=C(/CN)OC(=O)CC. The molecule has 0 heterocycles. The zero-order valence-electron chi connectivity index (χ0n) is 9.33. The summed E-state index contributed by atoms with van der Waals surface area (Å²) in [4.78, 5) is 22.3. The van der Waals surface area contributed by atoms with Gasteiger partial charge >= 0.3 is 11.9 Å². The first-order valence-electron chi connectivity index (χ1n) is 4.84. The van der Waals surface area contributed by atoms with Gasteiger partial charge in [0.2, 0.25) is 0 Å². The third-order valence-electron chi connectivity index (χ3n) is 1.71. The maximum absolute atomic E-state index is 11.3. The highest BCUT2D eigenvalue weighted by molar-refractivity contribution is 5.89. The lowest BCUT2D eigenvalue weighted by Gasteiger charge is -2.09. The molecule has 0 aliphatic carbocycles. The number of ether oxygens (including phenoxy) is 2. The predicted octanol–water partition coefficient (Wildman–Crippen LogP) is 0.735. The van der Waals surface area contributed by atoms with E-state index in [2.05, 4.69) is 0 Å². The smallest absolute Gasteiger partial charge is 0.337 e. The van der Waals surface area contributed by atoms with Crippen molar-refractivity contribution in [2.75, 3.05) is 13.2 Å². The lowest BCUT2D eigenvalue weighted by atomic mass is 10.2. The van der Waals surface area contributed by atoms with Crippen LogP contribution < -0.4 is 5.73 Å². The summed E-state index contributed by atoms with van der Waals surface area (Å²) in [5, 5.41) is 0. The van der Waals surface area contributed by atoms with Crippen molar-refractivity contribution in [3.63, 3.8) is 0 Å². The molecule has 0 rings (SSSR count). The van der Waals surface area contributed by atoms with Crippen molar-refractivity contribution in [3.05, 3.63) is 11.3 Å².